The number of sulfone groups is 1. The topological polar surface area (TPSA) is 120 Å². The largest absolute Gasteiger partial charge is 0.486 e. The second-order valence-electron chi connectivity index (χ2n) is 8.39. The number of rotatable bonds is 4. The van der Waals surface area contributed by atoms with Gasteiger partial charge in [-0.15, -0.1) is 0 Å². The number of benzene rings is 1. The molecule has 1 aromatic carbocycles. The Bertz CT molecular complexity index is 1190. The molecule has 3 aliphatic rings. The van der Waals surface area contributed by atoms with Crippen LogP contribution in [-0.2, 0) is 19.4 Å². The minimum absolute atomic E-state index is 0.0107. The van der Waals surface area contributed by atoms with Gasteiger partial charge < -0.3 is 19.7 Å². The number of hydrogen-bond acceptors (Lipinski definition) is 7. The first-order chi connectivity index (χ1) is 15.3. The number of nitrogens with zero attached hydrogens (tertiary/aromatic N) is 3. The lowest BCUT2D eigenvalue weighted by molar-refractivity contribution is -0.122. The number of aryl methyl sites for hydroxylation is 1. The second-order valence-corrected chi connectivity index (χ2v) is 10.6. The Hall–Kier alpha value is -3.08. The van der Waals surface area contributed by atoms with E-state index >= 15 is 0 Å². The first-order valence-electron chi connectivity index (χ1n) is 10.6. The average molecular weight is 461 g/mol. The first kappa shape index (κ1) is 20.8. The van der Waals surface area contributed by atoms with Gasteiger partial charge >= 0.3 is 0 Å². The van der Waals surface area contributed by atoms with Gasteiger partial charge in [0.25, 0.3) is 0 Å². The molecule has 2 aromatic rings. The number of hydrogen-bond donors (Lipinski definition) is 1. The van der Waals surface area contributed by atoms with Gasteiger partial charge in [0.15, 0.2) is 21.3 Å². The number of carbonyl (C=O) groups is 2. The van der Waals surface area contributed by atoms with Gasteiger partial charge in [0, 0.05) is 30.8 Å². The highest BCUT2D eigenvalue weighted by Crippen LogP contribution is 2.36. The molecule has 5 rings (SSSR count). The van der Waals surface area contributed by atoms with Crippen LogP contribution < -0.4 is 19.7 Å². The Balaban J connectivity index is 1.30. The third-order valence-corrected chi connectivity index (χ3v) is 7.75. The van der Waals surface area contributed by atoms with Crippen LogP contribution in [0.3, 0.4) is 0 Å². The molecule has 4 heterocycles. The van der Waals surface area contributed by atoms with E-state index < -0.39 is 15.8 Å². The van der Waals surface area contributed by atoms with Crippen molar-refractivity contribution in [3.8, 4) is 11.5 Å². The van der Waals surface area contributed by atoms with E-state index in [0.717, 1.165) is 0 Å². The van der Waals surface area contributed by atoms with Crippen molar-refractivity contribution in [2.75, 3.05) is 41.5 Å². The molecule has 1 N–H and O–H groups in total. The summed E-state index contributed by atoms with van der Waals surface area (Å²) in [5.74, 6) is 0.835. The predicted molar refractivity (Wildman–Crippen MR) is 116 cm³/mol. The fraction of sp³-hybridized carbons (Fsp3) is 0.476. The van der Waals surface area contributed by atoms with Gasteiger partial charge in [-0.2, -0.15) is 5.10 Å². The molecule has 32 heavy (non-hydrogen) atoms. The second kappa shape index (κ2) is 7.80. The van der Waals surface area contributed by atoms with Crippen molar-refractivity contribution < 1.29 is 27.5 Å². The summed E-state index contributed by atoms with van der Waals surface area (Å²) in [7, 11) is -3.09. The Kier molecular flexibility index (Phi) is 5.07. The highest BCUT2D eigenvalue weighted by molar-refractivity contribution is 7.91. The van der Waals surface area contributed by atoms with Crippen LogP contribution in [0.4, 0.5) is 11.5 Å². The lowest BCUT2D eigenvalue weighted by Crippen LogP contribution is -2.29. The first-order valence-corrected chi connectivity index (χ1v) is 12.4. The molecule has 11 heteroatoms. The number of aromatic nitrogens is 2. The summed E-state index contributed by atoms with van der Waals surface area (Å²) >= 11 is 0. The maximum absolute atomic E-state index is 13.0. The van der Waals surface area contributed by atoms with Crippen LogP contribution in [0.25, 0.3) is 0 Å². The monoisotopic (exact) mass is 460 g/mol. The summed E-state index contributed by atoms with van der Waals surface area (Å²) in [6.45, 7) is 2.97. The number of carbonyl (C=O) groups excluding carboxylic acids is 2. The Morgan fingerprint density at radius 3 is 2.72 bits per heavy atom. The van der Waals surface area contributed by atoms with Gasteiger partial charge in [-0.3, -0.25) is 9.59 Å². The van der Waals surface area contributed by atoms with Gasteiger partial charge in [0.2, 0.25) is 11.8 Å². The standard InChI is InChI=1S/C21H24N4O6S/c1-13-8-19(25(23-13)16-4-7-32(28,29)12-16)22-21(27)14-9-20(26)24(11-14)15-2-3-17-18(10-15)31-6-5-30-17/h2-3,8,10,14,16H,4-7,9,11-12H2,1H3,(H,22,27). The summed E-state index contributed by atoms with van der Waals surface area (Å²) in [6.07, 6.45) is 0.553. The molecule has 3 aliphatic heterocycles. The number of ether oxygens (including phenoxy) is 2. The van der Waals surface area contributed by atoms with Crippen molar-refractivity contribution in [1.82, 2.24) is 9.78 Å². The molecule has 10 nitrogen and oxygen atoms in total. The quantitative estimate of drug-likeness (QED) is 0.731. The van der Waals surface area contributed by atoms with Gasteiger partial charge in [0.1, 0.15) is 19.0 Å². The molecule has 2 fully saturated rings. The molecule has 170 valence electrons. The maximum Gasteiger partial charge on any atom is 0.230 e. The SMILES string of the molecule is Cc1cc(NC(=O)C2CC(=O)N(c3ccc4c(c3)OCCO4)C2)n(C2CCS(=O)(=O)C2)n1. The van der Waals surface area contributed by atoms with Crippen molar-refractivity contribution >= 4 is 33.2 Å². The zero-order valence-electron chi connectivity index (χ0n) is 17.6. The van der Waals surface area contributed by atoms with Crippen LogP contribution >= 0.6 is 0 Å². The van der Waals surface area contributed by atoms with Crippen LogP contribution in [-0.4, -0.2) is 61.3 Å². The molecule has 2 saturated heterocycles. The Morgan fingerprint density at radius 2 is 1.97 bits per heavy atom. The molecule has 0 bridgehead atoms. The van der Waals surface area contributed by atoms with E-state index in [0.29, 0.717) is 48.3 Å². The number of amides is 2. The molecular weight excluding hydrogens is 436 g/mol. The van der Waals surface area contributed by atoms with Crippen LogP contribution in [0, 0.1) is 12.8 Å². The normalized spacial score (nSPS) is 24.0. The molecule has 0 saturated carbocycles. The molecule has 1 aromatic heterocycles. The van der Waals surface area contributed by atoms with Gasteiger partial charge in [-0.25, -0.2) is 13.1 Å². The van der Waals surface area contributed by atoms with Crippen LogP contribution in [0.2, 0.25) is 0 Å². The lowest BCUT2D eigenvalue weighted by atomic mass is 10.1. The molecule has 2 atom stereocenters. The van der Waals surface area contributed by atoms with Gasteiger partial charge in [0.05, 0.1) is 29.2 Å². The predicted octanol–water partition coefficient (Wildman–Crippen LogP) is 1.31. The van der Waals surface area contributed by atoms with Crippen molar-refractivity contribution in [3.05, 3.63) is 30.0 Å². The summed E-state index contributed by atoms with van der Waals surface area (Å²) in [4.78, 5) is 27.2. The van der Waals surface area contributed by atoms with Crippen LogP contribution in [0.15, 0.2) is 24.3 Å². The zero-order valence-corrected chi connectivity index (χ0v) is 18.4. The molecule has 0 aliphatic carbocycles. The molecular formula is C21H24N4O6S. The van der Waals surface area contributed by atoms with E-state index in [1.165, 1.54) is 0 Å². The van der Waals surface area contributed by atoms with E-state index in [9.17, 15) is 18.0 Å². The van der Waals surface area contributed by atoms with E-state index in [4.69, 9.17) is 9.47 Å². The average Bonchev–Trinajstić information content (AvgIpc) is 3.43. The smallest absolute Gasteiger partial charge is 0.230 e. The number of fused-ring (bicyclic) bond motifs is 1. The van der Waals surface area contributed by atoms with Crippen LogP contribution in [0.1, 0.15) is 24.6 Å². The Morgan fingerprint density at radius 1 is 1.19 bits per heavy atom. The van der Waals surface area contributed by atoms with E-state index in [1.54, 1.807) is 40.8 Å². The molecule has 0 radical (unpaired) electrons. The fourth-order valence-corrected chi connectivity index (χ4v) is 6.11. The number of anilines is 2. The highest BCUT2D eigenvalue weighted by atomic mass is 32.2. The van der Waals surface area contributed by atoms with Crippen molar-refractivity contribution in [2.24, 2.45) is 5.92 Å². The Labute approximate surface area is 185 Å². The molecule has 0 spiro atoms. The third kappa shape index (κ3) is 3.92. The lowest BCUT2D eigenvalue weighted by Gasteiger charge is -2.22. The van der Waals surface area contributed by atoms with Crippen molar-refractivity contribution in [3.63, 3.8) is 0 Å². The highest BCUT2D eigenvalue weighted by Gasteiger charge is 2.37. The summed E-state index contributed by atoms with van der Waals surface area (Å²) < 4.78 is 36.5. The van der Waals surface area contributed by atoms with Gasteiger partial charge in [-0.05, 0) is 25.5 Å². The summed E-state index contributed by atoms with van der Waals surface area (Å²) in [6, 6.07) is 6.72. The maximum atomic E-state index is 13.0. The van der Waals surface area contributed by atoms with E-state index in [1.807, 2.05) is 0 Å². The minimum atomic E-state index is -3.09. The third-order valence-electron chi connectivity index (χ3n) is 6.00. The molecule has 2 unspecified atom stereocenters. The minimum Gasteiger partial charge on any atom is -0.486 e. The summed E-state index contributed by atoms with van der Waals surface area (Å²) in [5.41, 5.74) is 1.34. The van der Waals surface area contributed by atoms with E-state index in [-0.39, 0.29) is 42.3 Å². The number of nitrogens with one attached hydrogen (secondary N) is 1. The van der Waals surface area contributed by atoms with Crippen molar-refractivity contribution in [1.29, 1.82) is 0 Å². The fourth-order valence-electron chi connectivity index (χ4n) is 4.42. The molecule has 2 amide bonds. The van der Waals surface area contributed by atoms with Crippen molar-refractivity contribution in [2.45, 2.75) is 25.8 Å². The van der Waals surface area contributed by atoms with Crippen LogP contribution in [0.5, 0.6) is 11.5 Å². The summed E-state index contributed by atoms with van der Waals surface area (Å²) in [5, 5.41) is 7.25. The van der Waals surface area contributed by atoms with Gasteiger partial charge in [-0.1, -0.05) is 0 Å². The zero-order chi connectivity index (χ0) is 22.5. The van der Waals surface area contributed by atoms with E-state index in [2.05, 4.69) is 10.4 Å².